The number of ether oxygens (including phenoxy) is 1. The summed E-state index contributed by atoms with van der Waals surface area (Å²) in [5.41, 5.74) is -0.294. The molecule has 1 rings (SSSR count). The molecular weight excluding hydrogens is 244 g/mol. The van der Waals surface area contributed by atoms with Crippen molar-refractivity contribution in [2.75, 3.05) is 13.2 Å². The summed E-state index contributed by atoms with van der Waals surface area (Å²) >= 11 is 0. The molecule has 0 aliphatic carbocycles. The molecule has 1 fully saturated rings. The molecule has 1 aliphatic rings. The van der Waals surface area contributed by atoms with Crippen LogP contribution in [-0.4, -0.2) is 48.1 Å². The molecule has 0 saturated carbocycles. The van der Waals surface area contributed by atoms with E-state index in [1.165, 1.54) is 0 Å². The zero-order chi connectivity index (χ0) is 14.8. The summed E-state index contributed by atoms with van der Waals surface area (Å²) in [7, 11) is 0. The quantitative estimate of drug-likeness (QED) is 0.834. The van der Waals surface area contributed by atoms with E-state index in [0.717, 1.165) is 0 Å². The number of piperazine rings is 1. The summed E-state index contributed by atoms with van der Waals surface area (Å²) in [4.78, 5) is 26.1. The standard InChI is InChI=1S/C14H26N2O3/c1-9(2)19-8-7-16-11(14(4,5)6)12(17)15-10(3)13(16)18/h9-11H,7-8H2,1-6H3,(H,15,17). The van der Waals surface area contributed by atoms with Crippen molar-refractivity contribution in [3.8, 4) is 0 Å². The molecule has 0 bridgehead atoms. The van der Waals surface area contributed by atoms with E-state index in [9.17, 15) is 9.59 Å². The Morgan fingerprint density at radius 2 is 1.89 bits per heavy atom. The van der Waals surface area contributed by atoms with Crippen LogP contribution in [-0.2, 0) is 14.3 Å². The van der Waals surface area contributed by atoms with Gasteiger partial charge in [-0.1, -0.05) is 20.8 Å². The predicted molar refractivity (Wildman–Crippen MR) is 73.6 cm³/mol. The highest BCUT2D eigenvalue weighted by Crippen LogP contribution is 2.27. The Kier molecular flexibility index (Phi) is 4.96. The van der Waals surface area contributed by atoms with Gasteiger partial charge in [0.05, 0.1) is 12.7 Å². The first-order chi connectivity index (χ1) is 8.64. The molecule has 1 N–H and O–H groups in total. The van der Waals surface area contributed by atoms with Crippen molar-refractivity contribution >= 4 is 11.8 Å². The first kappa shape index (κ1) is 16.0. The van der Waals surface area contributed by atoms with E-state index in [0.29, 0.717) is 13.2 Å². The van der Waals surface area contributed by atoms with Gasteiger partial charge in [-0.05, 0) is 26.2 Å². The maximum Gasteiger partial charge on any atom is 0.245 e. The number of hydrogen-bond acceptors (Lipinski definition) is 3. The van der Waals surface area contributed by atoms with E-state index < -0.39 is 12.1 Å². The minimum atomic E-state index is -0.454. The van der Waals surface area contributed by atoms with Gasteiger partial charge in [0.25, 0.3) is 0 Å². The molecule has 2 atom stereocenters. The SMILES string of the molecule is CC(C)OCCN1C(=O)C(C)NC(=O)C1C(C)(C)C. The van der Waals surface area contributed by atoms with Crippen molar-refractivity contribution in [1.82, 2.24) is 10.2 Å². The highest BCUT2D eigenvalue weighted by molar-refractivity contribution is 5.97. The first-order valence-electron chi connectivity index (χ1n) is 6.87. The molecule has 0 radical (unpaired) electrons. The third kappa shape index (κ3) is 3.93. The normalized spacial score (nSPS) is 24.9. The second-order valence-electron chi connectivity index (χ2n) is 6.45. The summed E-state index contributed by atoms with van der Waals surface area (Å²) in [5.74, 6) is -0.115. The van der Waals surface area contributed by atoms with Crippen LogP contribution < -0.4 is 5.32 Å². The molecule has 5 nitrogen and oxygen atoms in total. The van der Waals surface area contributed by atoms with Gasteiger partial charge in [-0.15, -0.1) is 0 Å². The summed E-state index contributed by atoms with van der Waals surface area (Å²) < 4.78 is 5.50. The molecule has 0 spiro atoms. The lowest BCUT2D eigenvalue weighted by atomic mass is 9.83. The summed E-state index contributed by atoms with van der Waals surface area (Å²) in [6, 6.07) is -0.892. The van der Waals surface area contributed by atoms with Crippen LogP contribution in [0.1, 0.15) is 41.5 Å². The van der Waals surface area contributed by atoms with Crippen molar-refractivity contribution in [3.63, 3.8) is 0 Å². The molecule has 0 aromatic carbocycles. The maximum atomic E-state index is 12.3. The molecule has 19 heavy (non-hydrogen) atoms. The fraction of sp³-hybridized carbons (Fsp3) is 0.857. The van der Waals surface area contributed by atoms with Crippen LogP contribution in [0.25, 0.3) is 0 Å². The van der Waals surface area contributed by atoms with Crippen LogP contribution in [0.4, 0.5) is 0 Å². The lowest BCUT2D eigenvalue weighted by Crippen LogP contribution is -2.66. The van der Waals surface area contributed by atoms with Crippen molar-refractivity contribution in [1.29, 1.82) is 0 Å². The van der Waals surface area contributed by atoms with E-state index in [1.807, 2.05) is 34.6 Å². The third-order valence-corrected chi connectivity index (χ3v) is 3.18. The number of rotatable bonds is 4. The molecule has 5 heteroatoms. The average Bonchev–Trinajstić information content (AvgIpc) is 2.22. The lowest BCUT2D eigenvalue weighted by molar-refractivity contribution is -0.154. The summed E-state index contributed by atoms with van der Waals surface area (Å²) in [6.07, 6.45) is 0.124. The number of carbonyl (C=O) groups excluding carboxylic acids is 2. The molecule has 0 aromatic rings. The molecular formula is C14H26N2O3. The average molecular weight is 270 g/mol. The number of nitrogens with zero attached hydrogens (tertiary/aromatic N) is 1. The number of amides is 2. The Labute approximate surface area is 115 Å². The van der Waals surface area contributed by atoms with Crippen LogP contribution in [0.3, 0.4) is 0 Å². The van der Waals surface area contributed by atoms with Crippen LogP contribution in [0, 0.1) is 5.41 Å². The minimum absolute atomic E-state index is 0.0353. The van der Waals surface area contributed by atoms with Gasteiger partial charge in [0.1, 0.15) is 12.1 Å². The Morgan fingerprint density at radius 1 is 1.32 bits per heavy atom. The van der Waals surface area contributed by atoms with E-state index in [-0.39, 0.29) is 23.3 Å². The summed E-state index contributed by atoms with van der Waals surface area (Å²) in [5, 5.41) is 2.74. The van der Waals surface area contributed by atoms with E-state index >= 15 is 0 Å². The number of hydrogen-bond donors (Lipinski definition) is 1. The van der Waals surface area contributed by atoms with Gasteiger partial charge in [0, 0.05) is 6.54 Å². The van der Waals surface area contributed by atoms with Crippen LogP contribution in [0.2, 0.25) is 0 Å². The molecule has 2 amide bonds. The molecule has 1 heterocycles. The summed E-state index contributed by atoms with van der Waals surface area (Å²) in [6.45, 7) is 12.4. The lowest BCUT2D eigenvalue weighted by Gasteiger charge is -2.44. The van der Waals surface area contributed by atoms with E-state index in [1.54, 1.807) is 11.8 Å². The first-order valence-corrected chi connectivity index (χ1v) is 6.87. The van der Waals surface area contributed by atoms with Crippen molar-refractivity contribution in [2.24, 2.45) is 5.41 Å². The van der Waals surface area contributed by atoms with E-state index in [4.69, 9.17) is 4.74 Å². The Morgan fingerprint density at radius 3 is 2.37 bits per heavy atom. The van der Waals surface area contributed by atoms with Crippen LogP contribution >= 0.6 is 0 Å². The monoisotopic (exact) mass is 270 g/mol. The fourth-order valence-corrected chi connectivity index (χ4v) is 2.36. The van der Waals surface area contributed by atoms with Gasteiger partial charge in [-0.3, -0.25) is 9.59 Å². The van der Waals surface area contributed by atoms with Gasteiger partial charge in [0.15, 0.2) is 0 Å². The number of carbonyl (C=O) groups is 2. The Bertz CT molecular complexity index is 347. The highest BCUT2D eigenvalue weighted by Gasteiger charge is 2.44. The zero-order valence-electron chi connectivity index (χ0n) is 12.8. The second kappa shape index (κ2) is 5.90. The van der Waals surface area contributed by atoms with E-state index in [2.05, 4.69) is 5.32 Å². The van der Waals surface area contributed by atoms with Crippen molar-refractivity contribution in [3.05, 3.63) is 0 Å². The Hall–Kier alpha value is -1.10. The number of nitrogens with one attached hydrogen (secondary N) is 1. The highest BCUT2D eigenvalue weighted by atomic mass is 16.5. The topological polar surface area (TPSA) is 58.6 Å². The largest absolute Gasteiger partial charge is 0.377 e. The molecule has 110 valence electrons. The van der Waals surface area contributed by atoms with Crippen LogP contribution in [0.5, 0.6) is 0 Å². The minimum Gasteiger partial charge on any atom is -0.377 e. The van der Waals surface area contributed by atoms with Gasteiger partial charge in [-0.2, -0.15) is 0 Å². The third-order valence-electron chi connectivity index (χ3n) is 3.18. The molecule has 0 aromatic heterocycles. The zero-order valence-corrected chi connectivity index (χ0v) is 12.8. The maximum absolute atomic E-state index is 12.3. The van der Waals surface area contributed by atoms with Gasteiger partial charge >= 0.3 is 0 Å². The van der Waals surface area contributed by atoms with Crippen LogP contribution in [0.15, 0.2) is 0 Å². The van der Waals surface area contributed by atoms with Gasteiger partial charge in [-0.25, -0.2) is 0 Å². The van der Waals surface area contributed by atoms with Crippen molar-refractivity contribution < 1.29 is 14.3 Å². The fourth-order valence-electron chi connectivity index (χ4n) is 2.36. The second-order valence-corrected chi connectivity index (χ2v) is 6.45. The van der Waals surface area contributed by atoms with Gasteiger partial charge in [0.2, 0.25) is 11.8 Å². The molecule has 1 saturated heterocycles. The Balaban J connectivity index is 2.84. The smallest absolute Gasteiger partial charge is 0.245 e. The van der Waals surface area contributed by atoms with Gasteiger partial charge < -0.3 is 15.0 Å². The molecule has 2 unspecified atom stereocenters. The molecule has 1 aliphatic heterocycles. The van der Waals surface area contributed by atoms with Crippen molar-refractivity contribution in [2.45, 2.75) is 59.7 Å². The predicted octanol–water partition coefficient (Wildman–Crippen LogP) is 1.17.